The van der Waals surface area contributed by atoms with Crippen molar-refractivity contribution in [2.24, 2.45) is 5.92 Å². The number of benzene rings is 1. The minimum absolute atomic E-state index is 0.112. The minimum Gasteiger partial charge on any atom is -0.478 e. The van der Waals surface area contributed by atoms with Crippen LogP contribution in [-0.2, 0) is 11.2 Å². The van der Waals surface area contributed by atoms with E-state index < -0.39 is 5.97 Å². The summed E-state index contributed by atoms with van der Waals surface area (Å²) in [6, 6.07) is 7.00. The van der Waals surface area contributed by atoms with Crippen LogP contribution in [0, 0.1) is 5.92 Å². The summed E-state index contributed by atoms with van der Waals surface area (Å²) in [5, 5.41) is 8.88. The van der Waals surface area contributed by atoms with Crippen LogP contribution >= 0.6 is 0 Å². The van der Waals surface area contributed by atoms with E-state index >= 15 is 0 Å². The van der Waals surface area contributed by atoms with Gasteiger partial charge in [0.15, 0.2) is 0 Å². The first-order valence-electron chi connectivity index (χ1n) is 5.64. The Morgan fingerprint density at radius 2 is 2.12 bits per heavy atom. The third kappa shape index (κ3) is 2.64. The number of amides is 1. The fourth-order valence-electron chi connectivity index (χ4n) is 2.12. The quantitative estimate of drug-likeness (QED) is 0.858. The fraction of sp³-hybridized carbons (Fsp3) is 0.385. The Morgan fingerprint density at radius 1 is 1.41 bits per heavy atom. The summed E-state index contributed by atoms with van der Waals surface area (Å²) in [5.74, 6) is -0.325. The van der Waals surface area contributed by atoms with Crippen molar-refractivity contribution in [2.75, 3.05) is 13.1 Å². The zero-order chi connectivity index (χ0) is 12.4. The van der Waals surface area contributed by atoms with Crippen LogP contribution < -0.4 is 0 Å². The predicted octanol–water partition coefficient (Wildman–Crippen LogP) is 1.41. The molecule has 2 rings (SSSR count). The number of hydrogen-bond donors (Lipinski definition) is 1. The first kappa shape index (κ1) is 11.6. The summed E-state index contributed by atoms with van der Waals surface area (Å²) in [7, 11) is 0. The van der Waals surface area contributed by atoms with Gasteiger partial charge in [-0.2, -0.15) is 0 Å². The average Bonchev–Trinajstić information content (AvgIpc) is 2.22. The Labute approximate surface area is 99.9 Å². The molecule has 1 amide bonds. The first-order chi connectivity index (χ1) is 8.06. The van der Waals surface area contributed by atoms with Crippen molar-refractivity contribution in [3.8, 4) is 0 Å². The maximum absolute atomic E-state index is 11.0. The summed E-state index contributed by atoms with van der Waals surface area (Å²) >= 11 is 0. The maximum Gasteiger partial charge on any atom is 0.335 e. The summed E-state index contributed by atoms with van der Waals surface area (Å²) in [4.78, 5) is 23.6. The van der Waals surface area contributed by atoms with Gasteiger partial charge in [-0.15, -0.1) is 0 Å². The highest BCUT2D eigenvalue weighted by Crippen LogP contribution is 2.20. The molecule has 90 valence electrons. The van der Waals surface area contributed by atoms with Crippen LogP contribution in [0.2, 0.25) is 0 Å². The van der Waals surface area contributed by atoms with E-state index in [0.717, 1.165) is 25.1 Å². The molecule has 0 atom stereocenters. The Balaban J connectivity index is 1.94. The van der Waals surface area contributed by atoms with E-state index in [9.17, 15) is 9.59 Å². The topological polar surface area (TPSA) is 57.6 Å². The zero-order valence-corrected chi connectivity index (χ0v) is 9.72. The van der Waals surface area contributed by atoms with E-state index in [1.54, 1.807) is 30.0 Å². The smallest absolute Gasteiger partial charge is 0.335 e. The highest BCUT2D eigenvalue weighted by Gasteiger charge is 2.28. The largest absolute Gasteiger partial charge is 0.478 e. The second-order valence-corrected chi connectivity index (χ2v) is 4.50. The Hall–Kier alpha value is -1.84. The van der Waals surface area contributed by atoms with E-state index in [1.165, 1.54) is 0 Å². The lowest BCUT2D eigenvalue weighted by molar-refractivity contribution is -0.134. The lowest BCUT2D eigenvalue weighted by atomic mass is 9.91. The normalized spacial score (nSPS) is 15.5. The van der Waals surface area contributed by atoms with Crippen LogP contribution in [-0.4, -0.2) is 35.0 Å². The molecule has 1 aromatic carbocycles. The van der Waals surface area contributed by atoms with Crippen molar-refractivity contribution < 1.29 is 14.7 Å². The first-order valence-corrected chi connectivity index (χ1v) is 5.64. The Kier molecular flexibility index (Phi) is 3.13. The molecule has 1 fully saturated rings. The van der Waals surface area contributed by atoms with Gasteiger partial charge in [0.05, 0.1) is 5.56 Å². The number of hydrogen-bond acceptors (Lipinski definition) is 2. The summed E-state index contributed by atoms with van der Waals surface area (Å²) in [6.45, 7) is 3.14. The SMILES string of the molecule is CC(=O)N1CC(Cc2cccc(C(=O)O)c2)C1. The highest BCUT2D eigenvalue weighted by molar-refractivity contribution is 5.87. The van der Waals surface area contributed by atoms with Crippen LogP contribution in [0.3, 0.4) is 0 Å². The maximum atomic E-state index is 11.0. The van der Waals surface area contributed by atoms with Gasteiger partial charge in [-0.3, -0.25) is 4.79 Å². The molecular formula is C13H15NO3. The fourth-order valence-corrected chi connectivity index (χ4v) is 2.12. The summed E-state index contributed by atoms with van der Waals surface area (Å²) in [6.07, 6.45) is 0.838. The molecule has 0 unspecified atom stereocenters. The molecule has 1 aromatic rings. The second-order valence-electron chi connectivity index (χ2n) is 4.50. The molecular weight excluding hydrogens is 218 g/mol. The van der Waals surface area contributed by atoms with Gasteiger partial charge < -0.3 is 10.0 Å². The lowest BCUT2D eigenvalue weighted by Gasteiger charge is -2.38. The van der Waals surface area contributed by atoms with Crippen molar-refractivity contribution >= 4 is 11.9 Å². The molecule has 1 N–H and O–H groups in total. The van der Waals surface area contributed by atoms with Crippen molar-refractivity contribution in [3.63, 3.8) is 0 Å². The molecule has 4 heteroatoms. The molecule has 17 heavy (non-hydrogen) atoms. The summed E-state index contributed by atoms with van der Waals surface area (Å²) in [5.41, 5.74) is 1.35. The van der Waals surface area contributed by atoms with Crippen LogP contribution in [0.1, 0.15) is 22.8 Å². The monoisotopic (exact) mass is 233 g/mol. The number of likely N-dealkylation sites (tertiary alicyclic amines) is 1. The van der Waals surface area contributed by atoms with Gasteiger partial charge in [0.25, 0.3) is 0 Å². The standard InChI is InChI=1S/C13H15NO3/c1-9(15)14-7-11(8-14)5-10-3-2-4-12(6-10)13(16)17/h2-4,6,11H,5,7-8H2,1H3,(H,16,17). The van der Waals surface area contributed by atoms with Crippen LogP contribution in [0.15, 0.2) is 24.3 Å². The molecule has 1 aliphatic rings. The van der Waals surface area contributed by atoms with E-state index in [1.807, 2.05) is 6.07 Å². The molecule has 0 saturated carbocycles. The van der Waals surface area contributed by atoms with E-state index in [2.05, 4.69) is 0 Å². The van der Waals surface area contributed by atoms with E-state index in [4.69, 9.17) is 5.11 Å². The van der Waals surface area contributed by atoms with E-state index in [0.29, 0.717) is 11.5 Å². The van der Waals surface area contributed by atoms with Gasteiger partial charge in [-0.1, -0.05) is 12.1 Å². The molecule has 0 radical (unpaired) electrons. The summed E-state index contributed by atoms with van der Waals surface area (Å²) < 4.78 is 0. The molecule has 0 aliphatic carbocycles. The molecule has 0 aromatic heterocycles. The number of carboxylic acid groups (broad SMARTS) is 1. The zero-order valence-electron chi connectivity index (χ0n) is 9.72. The van der Waals surface area contributed by atoms with Gasteiger partial charge in [0, 0.05) is 20.0 Å². The molecule has 1 saturated heterocycles. The van der Waals surface area contributed by atoms with Gasteiger partial charge >= 0.3 is 5.97 Å². The van der Waals surface area contributed by atoms with Crippen molar-refractivity contribution in [1.82, 2.24) is 4.90 Å². The number of carboxylic acids is 1. The van der Waals surface area contributed by atoms with Gasteiger partial charge in [0.1, 0.15) is 0 Å². The molecule has 1 aliphatic heterocycles. The lowest BCUT2D eigenvalue weighted by Crippen LogP contribution is -2.49. The van der Waals surface area contributed by atoms with Gasteiger partial charge in [0.2, 0.25) is 5.91 Å². The number of carbonyl (C=O) groups is 2. The number of nitrogens with zero attached hydrogens (tertiary/aromatic N) is 1. The van der Waals surface area contributed by atoms with Crippen LogP contribution in [0.25, 0.3) is 0 Å². The Morgan fingerprint density at radius 3 is 2.71 bits per heavy atom. The predicted molar refractivity (Wildman–Crippen MR) is 62.8 cm³/mol. The minimum atomic E-state index is -0.897. The van der Waals surface area contributed by atoms with Gasteiger partial charge in [-0.25, -0.2) is 4.79 Å². The van der Waals surface area contributed by atoms with Crippen molar-refractivity contribution in [2.45, 2.75) is 13.3 Å². The second kappa shape index (κ2) is 4.57. The molecule has 1 heterocycles. The molecule has 4 nitrogen and oxygen atoms in total. The van der Waals surface area contributed by atoms with Crippen LogP contribution in [0.5, 0.6) is 0 Å². The van der Waals surface area contributed by atoms with E-state index in [-0.39, 0.29) is 5.91 Å². The average molecular weight is 233 g/mol. The Bertz CT molecular complexity index is 450. The van der Waals surface area contributed by atoms with Crippen molar-refractivity contribution in [1.29, 1.82) is 0 Å². The number of aromatic carboxylic acids is 1. The van der Waals surface area contributed by atoms with Gasteiger partial charge in [-0.05, 0) is 30.0 Å². The third-order valence-corrected chi connectivity index (χ3v) is 3.10. The highest BCUT2D eigenvalue weighted by atomic mass is 16.4. The third-order valence-electron chi connectivity index (χ3n) is 3.10. The van der Waals surface area contributed by atoms with Crippen molar-refractivity contribution in [3.05, 3.63) is 35.4 Å². The number of carbonyl (C=O) groups excluding carboxylic acids is 1. The molecule has 0 spiro atoms. The van der Waals surface area contributed by atoms with Crippen LogP contribution in [0.4, 0.5) is 0 Å². The number of rotatable bonds is 3. The molecule has 0 bridgehead atoms.